The van der Waals surface area contributed by atoms with Crippen LogP contribution in [0.4, 0.5) is 5.69 Å². The fourth-order valence-electron chi connectivity index (χ4n) is 2.97. The minimum Gasteiger partial charge on any atom is -0.491 e. The van der Waals surface area contributed by atoms with Crippen molar-refractivity contribution in [3.8, 4) is 5.75 Å². The van der Waals surface area contributed by atoms with Gasteiger partial charge >= 0.3 is 5.97 Å². The minimum atomic E-state index is -0.930. The van der Waals surface area contributed by atoms with Crippen LogP contribution in [0.15, 0.2) is 48.5 Å². The van der Waals surface area contributed by atoms with Gasteiger partial charge in [0.15, 0.2) is 0 Å². The van der Waals surface area contributed by atoms with Gasteiger partial charge in [-0.15, -0.1) is 0 Å². The van der Waals surface area contributed by atoms with Gasteiger partial charge < -0.3 is 14.7 Å². The molecule has 0 saturated carbocycles. The number of carbonyl (C=O) groups is 1. The highest BCUT2D eigenvalue weighted by molar-refractivity contribution is 5.88. The molecule has 0 aliphatic carbocycles. The molecule has 3 rings (SSSR count). The molecular weight excluding hydrogens is 290 g/mol. The van der Waals surface area contributed by atoms with Gasteiger partial charge in [0.05, 0.1) is 11.6 Å². The molecular formula is C19H21NO3. The molecule has 0 radical (unpaired) electrons. The Morgan fingerprint density at radius 3 is 2.61 bits per heavy atom. The van der Waals surface area contributed by atoms with Gasteiger partial charge in [0.1, 0.15) is 12.4 Å². The summed E-state index contributed by atoms with van der Waals surface area (Å²) in [6, 6.07) is 15.6. The summed E-state index contributed by atoms with van der Waals surface area (Å²) in [5.41, 5.74) is 2.44. The van der Waals surface area contributed by atoms with Gasteiger partial charge in [-0.3, -0.25) is 0 Å². The van der Waals surface area contributed by atoms with Crippen LogP contribution in [-0.4, -0.2) is 23.7 Å². The first-order chi connectivity index (χ1) is 11.1. The molecule has 0 fully saturated rings. The van der Waals surface area contributed by atoms with Crippen molar-refractivity contribution in [2.24, 2.45) is 5.92 Å². The Morgan fingerprint density at radius 1 is 1.22 bits per heavy atom. The van der Waals surface area contributed by atoms with E-state index in [0.717, 1.165) is 11.3 Å². The van der Waals surface area contributed by atoms with E-state index in [1.807, 2.05) is 24.3 Å². The van der Waals surface area contributed by atoms with Crippen molar-refractivity contribution < 1.29 is 14.6 Å². The monoisotopic (exact) mass is 311 g/mol. The normalized spacial score (nSPS) is 17.3. The van der Waals surface area contributed by atoms with Gasteiger partial charge in [0, 0.05) is 17.8 Å². The van der Waals surface area contributed by atoms with Crippen LogP contribution < -0.4 is 9.64 Å². The number of benzene rings is 2. The molecule has 2 aromatic carbocycles. The van der Waals surface area contributed by atoms with Gasteiger partial charge in [-0.1, -0.05) is 38.1 Å². The quantitative estimate of drug-likeness (QED) is 0.936. The molecule has 0 unspecified atom stereocenters. The lowest BCUT2D eigenvalue weighted by molar-refractivity contribution is 0.0696. The largest absolute Gasteiger partial charge is 0.491 e. The Labute approximate surface area is 136 Å². The molecule has 4 nitrogen and oxygen atoms in total. The van der Waals surface area contributed by atoms with Crippen molar-refractivity contribution in [3.63, 3.8) is 0 Å². The molecule has 1 aliphatic rings. The average molecular weight is 311 g/mol. The van der Waals surface area contributed by atoms with Crippen molar-refractivity contribution in [2.45, 2.75) is 26.4 Å². The molecule has 1 atom stereocenters. The lowest BCUT2D eigenvalue weighted by Gasteiger charge is -2.34. The predicted octanol–water partition coefficient (Wildman–Crippen LogP) is 3.81. The van der Waals surface area contributed by atoms with Gasteiger partial charge in [-0.25, -0.2) is 4.79 Å². The van der Waals surface area contributed by atoms with E-state index in [2.05, 4.69) is 30.9 Å². The highest BCUT2D eigenvalue weighted by Crippen LogP contribution is 2.31. The second kappa shape index (κ2) is 6.32. The molecule has 0 saturated heterocycles. The van der Waals surface area contributed by atoms with E-state index in [0.29, 0.717) is 24.8 Å². The van der Waals surface area contributed by atoms with Gasteiger partial charge in [-0.2, -0.15) is 0 Å². The maximum Gasteiger partial charge on any atom is 0.335 e. The lowest BCUT2D eigenvalue weighted by Crippen LogP contribution is -2.41. The summed E-state index contributed by atoms with van der Waals surface area (Å²) in [5, 5.41) is 9.16. The fraction of sp³-hybridized carbons (Fsp3) is 0.316. The van der Waals surface area contributed by atoms with Gasteiger partial charge in [-0.05, 0) is 30.2 Å². The Balaban J connectivity index is 1.99. The van der Waals surface area contributed by atoms with Crippen LogP contribution >= 0.6 is 0 Å². The summed E-state index contributed by atoms with van der Waals surface area (Å²) < 4.78 is 5.96. The van der Waals surface area contributed by atoms with Crippen molar-refractivity contribution in [1.82, 2.24) is 0 Å². The third-order valence-corrected chi connectivity index (χ3v) is 4.32. The summed E-state index contributed by atoms with van der Waals surface area (Å²) >= 11 is 0. The summed E-state index contributed by atoms with van der Waals surface area (Å²) in [7, 11) is 0. The van der Waals surface area contributed by atoms with Gasteiger partial charge in [0.25, 0.3) is 0 Å². The second-order valence-electron chi connectivity index (χ2n) is 6.21. The summed E-state index contributed by atoms with van der Waals surface area (Å²) in [6.45, 7) is 5.62. The lowest BCUT2D eigenvalue weighted by atomic mass is 10.0. The first-order valence-electron chi connectivity index (χ1n) is 7.87. The summed E-state index contributed by atoms with van der Waals surface area (Å²) in [6.07, 6.45) is 0. The van der Waals surface area contributed by atoms with Crippen molar-refractivity contribution >= 4 is 11.7 Å². The first-order valence-corrected chi connectivity index (χ1v) is 7.87. The number of hydrogen-bond acceptors (Lipinski definition) is 3. The van der Waals surface area contributed by atoms with Crippen LogP contribution in [0.1, 0.15) is 29.8 Å². The molecule has 23 heavy (non-hydrogen) atoms. The second-order valence-corrected chi connectivity index (χ2v) is 6.21. The van der Waals surface area contributed by atoms with Gasteiger partial charge in [0.2, 0.25) is 0 Å². The molecule has 1 heterocycles. The Morgan fingerprint density at radius 2 is 1.96 bits per heavy atom. The van der Waals surface area contributed by atoms with E-state index in [1.165, 1.54) is 0 Å². The highest BCUT2D eigenvalue weighted by atomic mass is 16.5. The van der Waals surface area contributed by atoms with Crippen LogP contribution in [0.5, 0.6) is 5.75 Å². The molecule has 2 aromatic rings. The third kappa shape index (κ3) is 3.16. The van der Waals surface area contributed by atoms with Crippen LogP contribution in [0.25, 0.3) is 0 Å². The summed E-state index contributed by atoms with van der Waals surface area (Å²) in [5.74, 6) is 0.165. The number of ether oxygens (including phenoxy) is 1. The number of anilines is 1. The molecule has 1 N–H and O–H groups in total. The van der Waals surface area contributed by atoms with E-state index in [4.69, 9.17) is 9.84 Å². The number of carboxylic acid groups (broad SMARTS) is 1. The number of carboxylic acids is 1. The number of nitrogens with zero attached hydrogens (tertiary/aromatic N) is 1. The van der Waals surface area contributed by atoms with Crippen molar-refractivity contribution in [1.29, 1.82) is 0 Å². The SMILES string of the molecule is CC(C)[C@H]1COc2cc(C(=O)O)ccc2CN1c1ccccc1. The van der Waals surface area contributed by atoms with E-state index in [9.17, 15) is 4.79 Å². The number of fused-ring (bicyclic) bond motifs is 1. The molecule has 120 valence electrons. The van der Waals surface area contributed by atoms with Crippen molar-refractivity contribution in [2.75, 3.05) is 11.5 Å². The van der Waals surface area contributed by atoms with Crippen LogP contribution in [0.3, 0.4) is 0 Å². The van der Waals surface area contributed by atoms with Crippen LogP contribution in [0, 0.1) is 5.92 Å². The Kier molecular flexibility index (Phi) is 4.24. The molecule has 0 amide bonds. The molecule has 4 heteroatoms. The zero-order valence-electron chi connectivity index (χ0n) is 13.4. The van der Waals surface area contributed by atoms with Crippen LogP contribution in [0.2, 0.25) is 0 Å². The van der Waals surface area contributed by atoms with E-state index in [-0.39, 0.29) is 11.6 Å². The molecule has 0 aromatic heterocycles. The highest BCUT2D eigenvalue weighted by Gasteiger charge is 2.27. The summed E-state index contributed by atoms with van der Waals surface area (Å²) in [4.78, 5) is 13.5. The zero-order valence-corrected chi connectivity index (χ0v) is 13.4. The number of rotatable bonds is 3. The zero-order chi connectivity index (χ0) is 16.4. The molecule has 0 spiro atoms. The van der Waals surface area contributed by atoms with Crippen LogP contribution in [-0.2, 0) is 6.54 Å². The third-order valence-electron chi connectivity index (χ3n) is 4.32. The fourth-order valence-corrected chi connectivity index (χ4v) is 2.97. The minimum absolute atomic E-state index is 0.234. The molecule has 0 bridgehead atoms. The first kappa shape index (κ1) is 15.4. The van der Waals surface area contributed by atoms with E-state index < -0.39 is 5.97 Å². The predicted molar refractivity (Wildman–Crippen MR) is 90.1 cm³/mol. The molecule has 1 aliphatic heterocycles. The number of aromatic carboxylic acids is 1. The maximum absolute atomic E-state index is 11.2. The van der Waals surface area contributed by atoms with E-state index >= 15 is 0 Å². The van der Waals surface area contributed by atoms with E-state index in [1.54, 1.807) is 12.1 Å². The Hall–Kier alpha value is -2.49. The Bertz CT molecular complexity index is 697. The number of hydrogen-bond donors (Lipinski definition) is 1. The smallest absolute Gasteiger partial charge is 0.335 e. The maximum atomic E-state index is 11.2. The van der Waals surface area contributed by atoms with Crippen molar-refractivity contribution in [3.05, 3.63) is 59.7 Å². The average Bonchev–Trinajstić information content (AvgIpc) is 2.74. The number of para-hydroxylation sites is 1. The topological polar surface area (TPSA) is 49.8 Å². The standard InChI is InChI=1S/C19H21NO3/c1-13(2)17-12-23-18-10-14(19(21)22)8-9-15(18)11-20(17)16-6-4-3-5-7-16/h3-10,13,17H,11-12H2,1-2H3,(H,21,22)/t17-/m1/s1.